The van der Waals surface area contributed by atoms with E-state index in [-0.39, 0.29) is 12.5 Å². The third-order valence-electron chi connectivity index (χ3n) is 3.97. The fourth-order valence-corrected chi connectivity index (χ4v) is 2.81. The van der Waals surface area contributed by atoms with Gasteiger partial charge in [0.15, 0.2) is 5.82 Å². The zero-order chi connectivity index (χ0) is 16.2. The number of carboxylic acid groups (broad SMARTS) is 1. The molecule has 7 nitrogen and oxygen atoms in total. The van der Waals surface area contributed by atoms with Crippen molar-refractivity contribution in [2.24, 2.45) is 0 Å². The van der Waals surface area contributed by atoms with Gasteiger partial charge in [0.25, 0.3) is 0 Å². The van der Waals surface area contributed by atoms with Gasteiger partial charge in [-0.2, -0.15) is 5.10 Å². The van der Waals surface area contributed by atoms with Crippen LogP contribution < -0.4 is 0 Å². The SMILES string of the molecule is O=C(O)C1CCCCN1C(=O)Cn1cnc(-c2ccccc2)n1. The van der Waals surface area contributed by atoms with E-state index in [4.69, 9.17) is 0 Å². The van der Waals surface area contributed by atoms with Gasteiger partial charge in [0, 0.05) is 12.1 Å². The molecule has 120 valence electrons. The minimum absolute atomic E-state index is 0.00358. The summed E-state index contributed by atoms with van der Waals surface area (Å²) in [5.41, 5.74) is 0.875. The van der Waals surface area contributed by atoms with Crippen LogP contribution in [0.3, 0.4) is 0 Å². The predicted molar refractivity (Wildman–Crippen MR) is 82.4 cm³/mol. The predicted octanol–water partition coefficient (Wildman–Crippen LogP) is 1.41. The van der Waals surface area contributed by atoms with E-state index in [1.165, 1.54) is 15.9 Å². The van der Waals surface area contributed by atoms with Crippen molar-refractivity contribution < 1.29 is 14.7 Å². The second-order valence-electron chi connectivity index (χ2n) is 5.57. The smallest absolute Gasteiger partial charge is 0.326 e. The van der Waals surface area contributed by atoms with Crippen molar-refractivity contribution in [2.45, 2.75) is 31.8 Å². The molecule has 1 amide bonds. The fourth-order valence-electron chi connectivity index (χ4n) is 2.81. The van der Waals surface area contributed by atoms with Crippen LogP contribution in [0.4, 0.5) is 0 Å². The van der Waals surface area contributed by atoms with E-state index < -0.39 is 12.0 Å². The summed E-state index contributed by atoms with van der Waals surface area (Å²) in [5, 5.41) is 13.5. The number of aromatic nitrogens is 3. The topological polar surface area (TPSA) is 88.3 Å². The molecule has 1 aromatic carbocycles. The molecule has 7 heteroatoms. The van der Waals surface area contributed by atoms with Crippen molar-refractivity contribution in [3.05, 3.63) is 36.7 Å². The van der Waals surface area contributed by atoms with Crippen molar-refractivity contribution in [3.63, 3.8) is 0 Å². The zero-order valence-electron chi connectivity index (χ0n) is 12.6. The number of hydrogen-bond donors (Lipinski definition) is 1. The Morgan fingerprint density at radius 1 is 1.22 bits per heavy atom. The van der Waals surface area contributed by atoms with Gasteiger partial charge in [0.2, 0.25) is 5.91 Å². The summed E-state index contributed by atoms with van der Waals surface area (Å²) in [7, 11) is 0. The Morgan fingerprint density at radius 3 is 2.74 bits per heavy atom. The number of likely N-dealkylation sites (tertiary alicyclic amines) is 1. The summed E-state index contributed by atoms with van der Waals surface area (Å²) >= 11 is 0. The van der Waals surface area contributed by atoms with E-state index in [1.807, 2.05) is 30.3 Å². The van der Waals surface area contributed by atoms with Gasteiger partial charge in [-0.05, 0) is 19.3 Å². The summed E-state index contributed by atoms with van der Waals surface area (Å²) in [5.74, 6) is -0.630. The first-order chi connectivity index (χ1) is 11.1. The Bertz CT molecular complexity index is 698. The molecule has 2 aromatic rings. The summed E-state index contributed by atoms with van der Waals surface area (Å²) in [6.45, 7) is 0.486. The van der Waals surface area contributed by atoms with Gasteiger partial charge < -0.3 is 10.0 Å². The highest BCUT2D eigenvalue weighted by atomic mass is 16.4. The summed E-state index contributed by atoms with van der Waals surface area (Å²) in [6.07, 6.45) is 3.68. The quantitative estimate of drug-likeness (QED) is 0.922. The van der Waals surface area contributed by atoms with Crippen LogP contribution in [0, 0.1) is 0 Å². The second kappa shape index (κ2) is 6.60. The number of amides is 1. The third kappa shape index (κ3) is 3.39. The summed E-state index contributed by atoms with van der Waals surface area (Å²) in [4.78, 5) is 29.3. The van der Waals surface area contributed by atoms with Crippen LogP contribution in [-0.2, 0) is 16.1 Å². The molecule has 0 saturated carbocycles. The van der Waals surface area contributed by atoms with Gasteiger partial charge in [0.1, 0.15) is 18.9 Å². The van der Waals surface area contributed by atoms with Crippen molar-refractivity contribution >= 4 is 11.9 Å². The highest BCUT2D eigenvalue weighted by molar-refractivity contribution is 5.83. The largest absolute Gasteiger partial charge is 0.480 e. The Hall–Kier alpha value is -2.70. The van der Waals surface area contributed by atoms with Crippen LogP contribution in [0.25, 0.3) is 11.4 Å². The Labute approximate surface area is 133 Å². The number of benzene rings is 1. The summed E-state index contributed by atoms with van der Waals surface area (Å²) < 4.78 is 1.46. The molecular weight excluding hydrogens is 296 g/mol. The molecule has 1 N–H and O–H groups in total. The Morgan fingerprint density at radius 2 is 2.00 bits per heavy atom. The minimum Gasteiger partial charge on any atom is -0.480 e. The van der Waals surface area contributed by atoms with Gasteiger partial charge in [-0.1, -0.05) is 30.3 Å². The lowest BCUT2D eigenvalue weighted by Gasteiger charge is -2.32. The maximum atomic E-state index is 12.4. The maximum Gasteiger partial charge on any atom is 0.326 e. The van der Waals surface area contributed by atoms with E-state index in [9.17, 15) is 14.7 Å². The van der Waals surface area contributed by atoms with E-state index in [0.29, 0.717) is 18.8 Å². The molecule has 2 heterocycles. The molecule has 1 saturated heterocycles. The van der Waals surface area contributed by atoms with Crippen LogP contribution >= 0.6 is 0 Å². The number of rotatable bonds is 4. The second-order valence-corrected chi connectivity index (χ2v) is 5.57. The number of piperidine rings is 1. The summed E-state index contributed by atoms with van der Waals surface area (Å²) in [6, 6.07) is 8.76. The first kappa shape index (κ1) is 15.2. The zero-order valence-corrected chi connectivity index (χ0v) is 12.6. The van der Waals surface area contributed by atoms with Gasteiger partial charge in [-0.25, -0.2) is 14.5 Å². The molecule has 0 bridgehead atoms. The van der Waals surface area contributed by atoms with Crippen LogP contribution in [0.15, 0.2) is 36.7 Å². The third-order valence-corrected chi connectivity index (χ3v) is 3.97. The molecule has 1 atom stereocenters. The van der Waals surface area contributed by atoms with Crippen LogP contribution in [0.5, 0.6) is 0 Å². The average Bonchev–Trinajstić information content (AvgIpc) is 3.04. The molecule has 1 fully saturated rings. The minimum atomic E-state index is -0.943. The normalized spacial score (nSPS) is 17.9. The van der Waals surface area contributed by atoms with Crippen molar-refractivity contribution in [2.75, 3.05) is 6.54 Å². The molecule has 1 aliphatic heterocycles. The maximum absolute atomic E-state index is 12.4. The lowest BCUT2D eigenvalue weighted by molar-refractivity contribution is -0.152. The van der Waals surface area contributed by atoms with Gasteiger partial charge >= 0.3 is 5.97 Å². The van der Waals surface area contributed by atoms with Crippen LogP contribution in [-0.4, -0.2) is 49.2 Å². The first-order valence-corrected chi connectivity index (χ1v) is 7.62. The van der Waals surface area contributed by atoms with Crippen molar-refractivity contribution in [3.8, 4) is 11.4 Å². The van der Waals surface area contributed by atoms with Gasteiger partial charge in [-0.15, -0.1) is 0 Å². The molecule has 1 unspecified atom stereocenters. The molecule has 0 radical (unpaired) electrons. The van der Waals surface area contributed by atoms with E-state index in [0.717, 1.165) is 18.4 Å². The lowest BCUT2D eigenvalue weighted by atomic mass is 10.0. The Kier molecular flexibility index (Phi) is 4.36. The number of carbonyl (C=O) groups is 2. The average molecular weight is 314 g/mol. The van der Waals surface area contributed by atoms with E-state index >= 15 is 0 Å². The number of aliphatic carboxylic acids is 1. The van der Waals surface area contributed by atoms with Gasteiger partial charge in [-0.3, -0.25) is 4.79 Å². The van der Waals surface area contributed by atoms with E-state index in [1.54, 1.807) is 0 Å². The molecular formula is C16H18N4O3. The first-order valence-electron chi connectivity index (χ1n) is 7.62. The van der Waals surface area contributed by atoms with Crippen molar-refractivity contribution in [1.29, 1.82) is 0 Å². The van der Waals surface area contributed by atoms with Crippen LogP contribution in [0.2, 0.25) is 0 Å². The fraction of sp³-hybridized carbons (Fsp3) is 0.375. The molecule has 1 aromatic heterocycles. The number of nitrogens with zero attached hydrogens (tertiary/aromatic N) is 4. The molecule has 0 aliphatic carbocycles. The molecule has 0 spiro atoms. The molecule has 23 heavy (non-hydrogen) atoms. The number of hydrogen-bond acceptors (Lipinski definition) is 4. The Balaban J connectivity index is 1.70. The van der Waals surface area contributed by atoms with Gasteiger partial charge in [0.05, 0.1) is 0 Å². The lowest BCUT2D eigenvalue weighted by Crippen LogP contribution is -2.49. The van der Waals surface area contributed by atoms with E-state index in [2.05, 4.69) is 10.1 Å². The monoisotopic (exact) mass is 314 g/mol. The molecule has 3 rings (SSSR count). The van der Waals surface area contributed by atoms with Crippen molar-refractivity contribution in [1.82, 2.24) is 19.7 Å². The van der Waals surface area contributed by atoms with Crippen LogP contribution in [0.1, 0.15) is 19.3 Å². The molecule has 1 aliphatic rings. The highest BCUT2D eigenvalue weighted by Crippen LogP contribution is 2.18. The standard InChI is InChI=1S/C16H18N4O3/c21-14(20-9-5-4-8-13(20)16(22)23)10-19-11-17-15(18-19)12-6-2-1-3-7-12/h1-3,6-7,11,13H,4-5,8-10H2,(H,22,23). The number of carboxylic acids is 1. The number of carbonyl (C=O) groups excluding carboxylic acids is 1. The highest BCUT2D eigenvalue weighted by Gasteiger charge is 2.31.